The summed E-state index contributed by atoms with van der Waals surface area (Å²) in [4.78, 5) is 21.5. The maximum absolute atomic E-state index is 11.4. The lowest BCUT2D eigenvalue weighted by Crippen LogP contribution is -2.27. The lowest BCUT2D eigenvalue weighted by molar-refractivity contribution is 0.0984. The number of Topliss-reactive ketones (excluding diaryl/α,β-unsaturated/α-hetero) is 1. The zero-order chi connectivity index (χ0) is 11.4. The molecule has 6 heteroatoms. The van der Waals surface area contributed by atoms with Crippen LogP contribution in [0.5, 0.6) is 5.75 Å². The third-order valence-electron chi connectivity index (χ3n) is 1.66. The van der Waals surface area contributed by atoms with Crippen LogP contribution in [0.4, 0.5) is 4.79 Å². The van der Waals surface area contributed by atoms with Crippen molar-refractivity contribution in [1.82, 2.24) is 5.32 Å². The number of hydrogen-bond acceptors (Lipinski definition) is 3. The van der Waals surface area contributed by atoms with Gasteiger partial charge in [0.25, 0.3) is 0 Å². The number of amides is 1. The van der Waals surface area contributed by atoms with Crippen LogP contribution >= 0.6 is 11.6 Å². The fourth-order valence-corrected chi connectivity index (χ4v) is 1.15. The van der Waals surface area contributed by atoms with Crippen LogP contribution in [0.25, 0.3) is 0 Å². The van der Waals surface area contributed by atoms with Gasteiger partial charge in [0.15, 0.2) is 5.78 Å². The second kappa shape index (κ2) is 4.65. The predicted octanol–water partition coefficient (Wildman–Crippen LogP) is 1.50. The van der Waals surface area contributed by atoms with Gasteiger partial charge in [-0.25, -0.2) is 4.79 Å². The van der Waals surface area contributed by atoms with Crippen molar-refractivity contribution < 1.29 is 19.8 Å². The van der Waals surface area contributed by atoms with Crippen molar-refractivity contribution in [3.63, 3.8) is 0 Å². The van der Waals surface area contributed by atoms with E-state index in [0.717, 1.165) is 0 Å². The van der Waals surface area contributed by atoms with E-state index in [0.29, 0.717) is 5.02 Å². The van der Waals surface area contributed by atoms with E-state index >= 15 is 0 Å². The summed E-state index contributed by atoms with van der Waals surface area (Å²) < 4.78 is 0. The van der Waals surface area contributed by atoms with Crippen molar-refractivity contribution in [1.29, 1.82) is 0 Å². The Bertz CT molecular complexity index is 405. The molecule has 0 aliphatic rings. The fraction of sp³-hybridized carbons (Fsp3) is 0.111. The number of nitrogens with one attached hydrogen (secondary N) is 1. The fourth-order valence-electron chi connectivity index (χ4n) is 0.983. The first-order valence-electron chi connectivity index (χ1n) is 3.99. The van der Waals surface area contributed by atoms with Crippen LogP contribution in [0, 0.1) is 0 Å². The van der Waals surface area contributed by atoms with Crippen LogP contribution < -0.4 is 5.32 Å². The first-order chi connectivity index (χ1) is 7.00. The van der Waals surface area contributed by atoms with E-state index in [1.807, 2.05) is 5.32 Å². The number of rotatable bonds is 3. The highest BCUT2D eigenvalue weighted by Gasteiger charge is 2.12. The van der Waals surface area contributed by atoms with Crippen LogP contribution in [0.2, 0.25) is 5.02 Å². The smallest absolute Gasteiger partial charge is 0.405 e. The molecular weight excluding hydrogens is 222 g/mol. The number of carboxylic acid groups (broad SMARTS) is 1. The lowest BCUT2D eigenvalue weighted by atomic mass is 10.1. The Labute approximate surface area is 90.3 Å². The van der Waals surface area contributed by atoms with Crippen LogP contribution in [0.15, 0.2) is 18.2 Å². The molecule has 0 unspecified atom stereocenters. The first-order valence-corrected chi connectivity index (χ1v) is 4.37. The predicted molar refractivity (Wildman–Crippen MR) is 53.5 cm³/mol. The molecule has 0 fully saturated rings. The summed E-state index contributed by atoms with van der Waals surface area (Å²) in [6.45, 7) is -0.400. The number of phenols is 1. The number of carbonyl (C=O) groups excluding carboxylic acids is 1. The van der Waals surface area contributed by atoms with Gasteiger partial charge in [-0.15, -0.1) is 0 Å². The lowest BCUT2D eigenvalue weighted by Gasteiger charge is -2.04. The van der Waals surface area contributed by atoms with E-state index in [-0.39, 0.29) is 11.3 Å². The van der Waals surface area contributed by atoms with Gasteiger partial charge >= 0.3 is 6.09 Å². The minimum atomic E-state index is -1.30. The SMILES string of the molecule is O=C(O)NCC(=O)c1cc(Cl)ccc1O. The van der Waals surface area contributed by atoms with Gasteiger partial charge in [-0.1, -0.05) is 11.6 Å². The average molecular weight is 230 g/mol. The Balaban J connectivity index is 2.81. The van der Waals surface area contributed by atoms with Gasteiger partial charge in [0.1, 0.15) is 5.75 Å². The minimum absolute atomic E-state index is 0.00347. The average Bonchev–Trinajstić information content (AvgIpc) is 2.18. The summed E-state index contributed by atoms with van der Waals surface area (Å²) in [7, 11) is 0. The van der Waals surface area contributed by atoms with Crippen molar-refractivity contribution in [2.75, 3.05) is 6.54 Å². The molecule has 5 nitrogen and oxygen atoms in total. The Morgan fingerprint density at radius 2 is 2.07 bits per heavy atom. The molecule has 3 N–H and O–H groups in total. The molecule has 0 aromatic heterocycles. The van der Waals surface area contributed by atoms with Crippen molar-refractivity contribution in [3.8, 4) is 5.75 Å². The molecule has 0 aliphatic carbocycles. The summed E-state index contributed by atoms with van der Waals surface area (Å²) in [5, 5.41) is 19.8. The number of hydrogen-bond donors (Lipinski definition) is 3. The zero-order valence-corrected chi connectivity index (χ0v) is 8.28. The second-order valence-electron chi connectivity index (χ2n) is 2.74. The van der Waals surface area contributed by atoms with Crippen molar-refractivity contribution in [2.45, 2.75) is 0 Å². The third kappa shape index (κ3) is 3.14. The summed E-state index contributed by atoms with van der Waals surface area (Å²) in [6, 6.07) is 3.98. The van der Waals surface area contributed by atoms with Crippen LogP contribution in [0.3, 0.4) is 0 Å². The van der Waals surface area contributed by atoms with E-state index < -0.39 is 18.4 Å². The molecule has 1 amide bonds. The van der Waals surface area contributed by atoms with Gasteiger partial charge in [0.05, 0.1) is 12.1 Å². The van der Waals surface area contributed by atoms with Gasteiger partial charge in [-0.3, -0.25) is 4.79 Å². The minimum Gasteiger partial charge on any atom is -0.507 e. The maximum Gasteiger partial charge on any atom is 0.405 e. The quantitative estimate of drug-likeness (QED) is 0.686. The highest BCUT2D eigenvalue weighted by atomic mass is 35.5. The van der Waals surface area contributed by atoms with E-state index in [1.54, 1.807) is 0 Å². The molecule has 1 aromatic rings. The van der Waals surface area contributed by atoms with Crippen molar-refractivity contribution in [2.24, 2.45) is 0 Å². The summed E-state index contributed by atoms with van der Waals surface area (Å²) in [5.41, 5.74) is -0.00347. The topological polar surface area (TPSA) is 86.6 Å². The van der Waals surface area contributed by atoms with Crippen molar-refractivity contribution >= 4 is 23.5 Å². The summed E-state index contributed by atoms with van der Waals surface area (Å²) in [6.07, 6.45) is -1.30. The normalized spacial score (nSPS) is 9.67. The van der Waals surface area contributed by atoms with Gasteiger partial charge in [0, 0.05) is 5.02 Å². The van der Waals surface area contributed by atoms with Gasteiger partial charge < -0.3 is 15.5 Å². The molecule has 0 saturated heterocycles. The molecule has 0 saturated carbocycles. The Kier molecular flexibility index (Phi) is 3.51. The summed E-state index contributed by atoms with van der Waals surface area (Å²) in [5.74, 6) is -0.769. The van der Waals surface area contributed by atoms with Gasteiger partial charge in [-0.05, 0) is 18.2 Å². The highest BCUT2D eigenvalue weighted by Crippen LogP contribution is 2.21. The monoisotopic (exact) mass is 229 g/mol. The van der Waals surface area contributed by atoms with Gasteiger partial charge in [0.2, 0.25) is 0 Å². The molecule has 0 radical (unpaired) electrons. The highest BCUT2D eigenvalue weighted by molar-refractivity contribution is 6.31. The number of carbonyl (C=O) groups is 2. The Morgan fingerprint density at radius 3 is 2.67 bits per heavy atom. The Morgan fingerprint density at radius 1 is 1.40 bits per heavy atom. The molecule has 0 atom stereocenters. The van der Waals surface area contributed by atoms with E-state index in [4.69, 9.17) is 16.7 Å². The Hall–Kier alpha value is -1.75. The molecule has 80 valence electrons. The molecule has 1 rings (SSSR count). The maximum atomic E-state index is 11.4. The number of benzene rings is 1. The number of halogens is 1. The molecule has 0 heterocycles. The second-order valence-corrected chi connectivity index (χ2v) is 3.18. The third-order valence-corrected chi connectivity index (χ3v) is 1.89. The molecule has 0 spiro atoms. The standard InChI is InChI=1S/C9H8ClNO4/c10-5-1-2-7(12)6(3-5)8(13)4-11-9(14)15/h1-3,11-12H,4H2,(H,14,15). The molecule has 0 aliphatic heterocycles. The van der Waals surface area contributed by atoms with E-state index in [9.17, 15) is 14.7 Å². The first kappa shape index (κ1) is 11.3. The molecule has 15 heavy (non-hydrogen) atoms. The number of aromatic hydroxyl groups is 1. The zero-order valence-electron chi connectivity index (χ0n) is 7.53. The van der Waals surface area contributed by atoms with Crippen LogP contribution in [-0.4, -0.2) is 28.6 Å². The number of ketones is 1. The van der Waals surface area contributed by atoms with Crippen molar-refractivity contribution in [3.05, 3.63) is 28.8 Å². The molecule has 1 aromatic carbocycles. The van der Waals surface area contributed by atoms with Crippen LogP contribution in [0.1, 0.15) is 10.4 Å². The largest absolute Gasteiger partial charge is 0.507 e. The number of phenolic OH excluding ortho intramolecular Hbond substituents is 1. The molecular formula is C9H8ClNO4. The summed E-state index contributed by atoms with van der Waals surface area (Å²) >= 11 is 5.62. The van der Waals surface area contributed by atoms with Gasteiger partial charge in [-0.2, -0.15) is 0 Å². The van der Waals surface area contributed by atoms with E-state index in [2.05, 4.69) is 0 Å². The molecule has 0 bridgehead atoms. The van der Waals surface area contributed by atoms with Crippen LogP contribution in [-0.2, 0) is 0 Å². The van der Waals surface area contributed by atoms with E-state index in [1.165, 1.54) is 18.2 Å².